The molecule has 0 unspecified atom stereocenters. The van der Waals surface area contributed by atoms with Crippen LogP contribution in [0.2, 0.25) is 0 Å². The molecule has 1 aliphatic rings. The van der Waals surface area contributed by atoms with Gasteiger partial charge >= 0.3 is 0 Å². The summed E-state index contributed by atoms with van der Waals surface area (Å²) in [6, 6.07) is 7.98. The van der Waals surface area contributed by atoms with Crippen LogP contribution < -0.4 is 5.32 Å². The third kappa shape index (κ3) is 4.15. The molecule has 5 heteroatoms. The fourth-order valence-corrected chi connectivity index (χ4v) is 3.77. The second kappa shape index (κ2) is 8.49. The first-order chi connectivity index (χ1) is 12.6. The number of rotatable bonds is 6. The van der Waals surface area contributed by atoms with Crippen LogP contribution in [0.15, 0.2) is 30.5 Å². The quantitative estimate of drug-likeness (QED) is 0.867. The lowest BCUT2D eigenvalue weighted by Gasteiger charge is -2.32. The summed E-state index contributed by atoms with van der Waals surface area (Å²) in [5, 5.41) is 3.42. The second-order valence-corrected chi connectivity index (χ2v) is 7.24. The number of amides is 1. The Morgan fingerprint density at radius 2 is 2.04 bits per heavy atom. The monoisotopic (exact) mass is 354 g/mol. The van der Waals surface area contributed by atoms with Crippen LogP contribution in [-0.2, 0) is 6.54 Å². The number of carbonyl (C=O) groups is 1. The van der Waals surface area contributed by atoms with Crippen LogP contribution in [-0.4, -0.2) is 46.5 Å². The van der Waals surface area contributed by atoms with Crippen molar-refractivity contribution >= 4 is 5.91 Å². The van der Waals surface area contributed by atoms with Crippen molar-refractivity contribution in [1.29, 1.82) is 0 Å². The third-order valence-electron chi connectivity index (χ3n) is 5.44. The van der Waals surface area contributed by atoms with Gasteiger partial charge < -0.3 is 14.8 Å². The van der Waals surface area contributed by atoms with Crippen LogP contribution in [0.4, 0.5) is 0 Å². The average molecular weight is 354 g/mol. The van der Waals surface area contributed by atoms with E-state index < -0.39 is 0 Å². The number of aryl methyl sites for hydroxylation is 1. The Kier molecular flexibility index (Phi) is 6.09. The highest BCUT2D eigenvalue weighted by molar-refractivity contribution is 5.95. The molecular weight excluding hydrogens is 324 g/mol. The molecule has 1 N–H and O–H groups in total. The first kappa shape index (κ1) is 18.6. The lowest BCUT2D eigenvalue weighted by Crippen LogP contribution is -2.40. The minimum Gasteiger partial charge on any atom is -0.342 e. The molecule has 0 saturated carbocycles. The van der Waals surface area contributed by atoms with E-state index in [1.807, 2.05) is 42.3 Å². The summed E-state index contributed by atoms with van der Waals surface area (Å²) in [4.78, 5) is 19.5. The van der Waals surface area contributed by atoms with Gasteiger partial charge in [-0.15, -0.1) is 0 Å². The summed E-state index contributed by atoms with van der Waals surface area (Å²) < 4.78 is 2.19. The zero-order valence-corrected chi connectivity index (χ0v) is 16.2. The molecule has 0 spiro atoms. The standard InChI is InChI=1S/C21H30N4O/c1-4-22-14-18-8-11-24(12-9-18)21(26)20-13-16(2)25(17(20)3)15-19-7-5-6-10-23-19/h5-7,10,13,18,22H,4,8-9,11-12,14-15H2,1-3H3. The molecule has 0 aliphatic carbocycles. The predicted molar refractivity (Wildman–Crippen MR) is 104 cm³/mol. The van der Waals surface area contributed by atoms with E-state index in [1.54, 1.807) is 0 Å². The molecule has 1 saturated heterocycles. The Bertz CT molecular complexity index is 730. The van der Waals surface area contributed by atoms with Crippen molar-refractivity contribution < 1.29 is 4.79 Å². The molecule has 140 valence electrons. The van der Waals surface area contributed by atoms with E-state index in [2.05, 4.69) is 28.7 Å². The highest BCUT2D eigenvalue weighted by Crippen LogP contribution is 2.22. The molecule has 1 fully saturated rings. The maximum atomic E-state index is 13.0. The molecule has 3 heterocycles. The van der Waals surface area contributed by atoms with Crippen molar-refractivity contribution in [2.75, 3.05) is 26.2 Å². The molecule has 0 atom stereocenters. The third-order valence-corrected chi connectivity index (χ3v) is 5.44. The molecule has 2 aromatic heterocycles. The Labute approximate surface area is 156 Å². The summed E-state index contributed by atoms with van der Waals surface area (Å²) in [5.41, 5.74) is 3.99. The van der Waals surface area contributed by atoms with Gasteiger partial charge in [-0.1, -0.05) is 13.0 Å². The van der Waals surface area contributed by atoms with E-state index in [0.29, 0.717) is 12.5 Å². The van der Waals surface area contributed by atoms with Crippen molar-refractivity contribution in [3.8, 4) is 0 Å². The minimum atomic E-state index is 0.173. The van der Waals surface area contributed by atoms with E-state index in [9.17, 15) is 4.79 Å². The molecule has 5 nitrogen and oxygen atoms in total. The highest BCUT2D eigenvalue weighted by atomic mass is 16.2. The van der Waals surface area contributed by atoms with E-state index in [0.717, 1.165) is 61.7 Å². The fraction of sp³-hybridized carbons (Fsp3) is 0.524. The Morgan fingerprint density at radius 3 is 2.69 bits per heavy atom. The van der Waals surface area contributed by atoms with E-state index in [-0.39, 0.29) is 5.91 Å². The van der Waals surface area contributed by atoms with Gasteiger partial charge in [-0.2, -0.15) is 0 Å². The number of pyridine rings is 1. The number of hydrogen-bond donors (Lipinski definition) is 1. The van der Waals surface area contributed by atoms with Gasteiger partial charge in [0.1, 0.15) is 0 Å². The van der Waals surface area contributed by atoms with E-state index in [4.69, 9.17) is 0 Å². The Morgan fingerprint density at radius 1 is 1.27 bits per heavy atom. The zero-order chi connectivity index (χ0) is 18.5. The molecule has 0 radical (unpaired) electrons. The lowest BCUT2D eigenvalue weighted by molar-refractivity contribution is 0.0689. The van der Waals surface area contributed by atoms with Gasteiger partial charge in [-0.05, 0) is 63.9 Å². The summed E-state index contributed by atoms with van der Waals surface area (Å²) >= 11 is 0. The number of nitrogens with zero attached hydrogens (tertiary/aromatic N) is 3. The van der Waals surface area contributed by atoms with Crippen LogP contribution in [0.3, 0.4) is 0 Å². The number of nitrogens with one attached hydrogen (secondary N) is 1. The zero-order valence-electron chi connectivity index (χ0n) is 16.2. The number of piperidine rings is 1. The first-order valence-corrected chi connectivity index (χ1v) is 9.66. The van der Waals surface area contributed by atoms with Gasteiger partial charge in [-0.25, -0.2) is 0 Å². The Balaban J connectivity index is 1.68. The van der Waals surface area contributed by atoms with E-state index >= 15 is 0 Å². The molecule has 0 bridgehead atoms. The topological polar surface area (TPSA) is 50.2 Å². The molecular formula is C21H30N4O. The van der Waals surface area contributed by atoms with Crippen molar-refractivity contribution in [1.82, 2.24) is 19.8 Å². The van der Waals surface area contributed by atoms with Crippen LogP contribution in [0.25, 0.3) is 0 Å². The highest BCUT2D eigenvalue weighted by Gasteiger charge is 2.26. The second-order valence-electron chi connectivity index (χ2n) is 7.24. The number of likely N-dealkylation sites (tertiary alicyclic amines) is 1. The number of hydrogen-bond acceptors (Lipinski definition) is 3. The van der Waals surface area contributed by atoms with Crippen LogP contribution in [0, 0.1) is 19.8 Å². The SMILES string of the molecule is CCNCC1CCN(C(=O)c2cc(C)n(Cc3ccccn3)c2C)CC1. The largest absolute Gasteiger partial charge is 0.342 e. The normalized spacial score (nSPS) is 15.4. The summed E-state index contributed by atoms with van der Waals surface area (Å²) in [6.07, 6.45) is 3.99. The molecule has 2 aromatic rings. The summed E-state index contributed by atoms with van der Waals surface area (Å²) in [5.74, 6) is 0.864. The maximum Gasteiger partial charge on any atom is 0.255 e. The molecule has 3 rings (SSSR count). The Hall–Kier alpha value is -2.14. The van der Waals surface area contributed by atoms with Crippen LogP contribution in [0.1, 0.15) is 47.2 Å². The van der Waals surface area contributed by atoms with Crippen molar-refractivity contribution in [3.05, 3.63) is 53.1 Å². The van der Waals surface area contributed by atoms with Crippen molar-refractivity contribution in [2.24, 2.45) is 5.92 Å². The molecule has 0 aromatic carbocycles. The molecule has 1 aliphatic heterocycles. The summed E-state index contributed by atoms with van der Waals surface area (Å²) in [6.45, 7) is 10.8. The first-order valence-electron chi connectivity index (χ1n) is 9.66. The smallest absolute Gasteiger partial charge is 0.255 e. The van der Waals surface area contributed by atoms with Gasteiger partial charge in [0.15, 0.2) is 0 Å². The number of carbonyl (C=O) groups excluding carboxylic acids is 1. The summed E-state index contributed by atoms with van der Waals surface area (Å²) in [7, 11) is 0. The maximum absolute atomic E-state index is 13.0. The lowest BCUT2D eigenvalue weighted by atomic mass is 9.96. The van der Waals surface area contributed by atoms with Crippen LogP contribution >= 0.6 is 0 Å². The molecule has 26 heavy (non-hydrogen) atoms. The predicted octanol–water partition coefficient (Wildman–Crippen LogP) is 3.01. The van der Waals surface area contributed by atoms with Gasteiger partial charge in [0, 0.05) is 30.7 Å². The van der Waals surface area contributed by atoms with Gasteiger partial charge in [-0.3, -0.25) is 9.78 Å². The number of aromatic nitrogens is 2. The van der Waals surface area contributed by atoms with Crippen molar-refractivity contribution in [2.45, 2.75) is 40.2 Å². The fourth-order valence-electron chi connectivity index (χ4n) is 3.77. The van der Waals surface area contributed by atoms with Crippen molar-refractivity contribution in [3.63, 3.8) is 0 Å². The minimum absolute atomic E-state index is 0.173. The van der Waals surface area contributed by atoms with E-state index in [1.165, 1.54) is 0 Å². The molecule has 1 amide bonds. The van der Waals surface area contributed by atoms with Crippen LogP contribution in [0.5, 0.6) is 0 Å². The van der Waals surface area contributed by atoms with Gasteiger partial charge in [0.25, 0.3) is 5.91 Å². The van der Waals surface area contributed by atoms with Gasteiger partial charge in [0.05, 0.1) is 17.8 Å². The van der Waals surface area contributed by atoms with Gasteiger partial charge in [0.2, 0.25) is 0 Å². The average Bonchev–Trinajstić information content (AvgIpc) is 2.95.